The summed E-state index contributed by atoms with van der Waals surface area (Å²) in [5.74, 6) is -1.78. The lowest BCUT2D eigenvalue weighted by molar-refractivity contribution is -0.158. The fourth-order valence-corrected chi connectivity index (χ4v) is 3.05. The van der Waals surface area contributed by atoms with Crippen LogP contribution in [0.25, 0.3) is 0 Å². The van der Waals surface area contributed by atoms with E-state index in [2.05, 4.69) is 5.32 Å². The molecule has 1 amide bonds. The highest BCUT2D eigenvalue weighted by molar-refractivity contribution is 5.95. The second-order valence-corrected chi connectivity index (χ2v) is 6.78. The van der Waals surface area contributed by atoms with E-state index < -0.39 is 23.9 Å². The van der Waals surface area contributed by atoms with Crippen LogP contribution >= 0.6 is 0 Å². The van der Waals surface area contributed by atoms with E-state index in [0.29, 0.717) is 17.9 Å². The predicted molar refractivity (Wildman–Crippen MR) is 114 cm³/mol. The van der Waals surface area contributed by atoms with Crippen LogP contribution in [0, 0.1) is 12.8 Å². The van der Waals surface area contributed by atoms with Crippen LogP contribution in [0.15, 0.2) is 42.5 Å². The number of ether oxygens (including phenoxy) is 4. The normalized spacial score (nSPS) is 10.4. The van der Waals surface area contributed by atoms with Gasteiger partial charge in [-0.1, -0.05) is 30.3 Å². The molecule has 0 fully saturated rings. The maximum atomic E-state index is 12.1. The average molecular weight is 429 g/mol. The Balaban J connectivity index is 2.03. The van der Waals surface area contributed by atoms with E-state index in [0.717, 1.165) is 16.7 Å². The number of methoxy groups -OCH3 is 3. The summed E-state index contributed by atoms with van der Waals surface area (Å²) in [4.78, 5) is 35.9. The first-order valence-electron chi connectivity index (χ1n) is 9.70. The minimum atomic E-state index is -1.06. The number of para-hydroxylation sites is 1. The third-order valence-corrected chi connectivity index (χ3v) is 4.74. The summed E-state index contributed by atoms with van der Waals surface area (Å²) in [7, 11) is 3.98. The molecule has 166 valence electrons. The van der Waals surface area contributed by atoms with E-state index in [-0.39, 0.29) is 13.0 Å². The van der Waals surface area contributed by atoms with Crippen LogP contribution in [0.3, 0.4) is 0 Å². The van der Waals surface area contributed by atoms with Crippen molar-refractivity contribution in [1.29, 1.82) is 0 Å². The molecular formula is C23H27NO7. The van der Waals surface area contributed by atoms with E-state index in [1.54, 1.807) is 24.3 Å². The monoisotopic (exact) mass is 429 g/mol. The van der Waals surface area contributed by atoms with E-state index in [9.17, 15) is 14.4 Å². The summed E-state index contributed by atoms with van der Waals surface area (Å²) in [6, 6.07) is 12.7. The standard InChI is InChI=1S/C23H27NO7/c1-15-7-5-6-8-19(15)24-23(27)31-12-11-17-13-16(9-10-20(17)28-2)14-18(21(25)29-3)22(26)30-4/h5-10,13,18H,11-12,14H2,1-4H3,(H,24,27). The first kappa shape index (κ1) is 23.7. The highest BCUT2D eigenvalue weighted by Crippen LogP contribution is 2.23. The topological polar surface area (TPSA) is 100 Å². The molecule has 2 aromatic carbocycles. The second kappa shape index (κ2) is 11.6. The van der Waals surface area contributed by atoms with Crippen LogP contribution in [0.2, 0.25) is 0 Å². The number of hydrogen-bond acceptors (Lipinski definition) is 7. The van der Waals surface area contributed by atoms with Crippen molar-refractivity contribution < 1.29 is 33.3 Å². The average Bonchev–Trinajstić information content (AvgIpc) is 2.78. The van der Waals surface area contributed by atoms with Crippen molar-refractivity contribution in [1.82, 2.24) is 0 Å². The maximum absolute atomic E-state index is 12.1. The van der Waals surface area contributed by atoms with Gasteiger partial charge in [0.1, 0.15) is 5.75 Å². The predicted octanol–water partition coefficient (Wildman–Crippen LogP) is 3.30. The van der Waals surface area contributed by atoms with Crippen molar-refractivity contribution in [3.8, 4) is 5.75 Å². The molecule has 0 radical (unpaired) electrons. The molecule has 0 aromatic heterocycles. The lowest BCUT2D eigenvalue weighted by atomic mass is 9.97. The minimum Gasteiger partial charge on any atom is -0.496 e. The minimum absolute atomic E-state index is 0.116. The molecule has 2 rings (SSSR count). The van der Waals surface area contributed by atoms with Gasteiger partial charge in [-0.05, 0) is 42.2 Å². The molecule has 0 spiro atoms. The van der Waals surface area contributed by atoms with Crippen molar-refractivity contribution in [2.45, 2.75) is 19.8 Å². The first-order chi connectivity index (χ1) is 14.9. The van der Waals surface area contributed by atoms with Crippen molar-refractivity contribution in [2.75, 3.05) is 33.3 Å². The summed E-state index contributed by atoms with van der Waals surface area (Å²) >= 11 is 0. The number of benzene rings is 2. The first-order valence-corrected chi connectivity index (χ1v) is 9.70. The van der Waals surface area contributed by atoms with Crippen molar-refractivity contribution in [2.24, 2.45) is 5.92 Å². The lowest BCUT2D eigenvalue weighted by Crippen LogP contribution is -2.28. The van der Waals surface area contributed by atoms with Crippen LogP contribution in [0.4, 0.5) is 10.5 Å². The molecule has 0 atom stereocenters. The Morgan fingerprint density at radius 1 is 0.968 bits per heavy atom. The molecule has 0 aliphatic carbocycles. The zero-order valence-electron chi connectivity index (χ0n) is 18.1. The highest BCUT2D eigenvalue weighted by Gasteiger charge is 2.29. The number of carbonyl (C=O) groups excluding carboxylic acids is 3. The molecule has 0 saturated heterocycles. The quantitative estimate of drug-likeness (QED) is 0.371. The second-order valence-electron chi connectivity index (χ2n) is 6.78. The molecule has 0 aliphatic heterocycles. The highest BCUT2D eigenvalue weighted by atomic mass is 16.6. The van der Waals surface area contributed by atoms with Gasteiger partial charge in [0.2, 0.25) is 0 Å². The van der Waals surface area contributed by atoms with Gasteiger partial charge in [0.05, 0.1) is 27.9 Å². The van der Waals surface area contributed by atoms with Gasteiger partial charge in [0.25, 0.3) is 0 Å². The summed E-state index contributed by atoms with van der Waals surface area (Å²) in [5, 5.41) is 2.71. The van der Waals surface area contributed by atoms with Gasteiger partial charge < -0.3 is 18.9 Å². The number of nitrogens with one attached hydrogen (secondary N) is 1. The molecule has 0 bridgehead atoms. The molecule has 0 saturated carbocycles. The van der Waals surface area contributed by atoms with Gasteiger partial charge >= 0.3 is 18.0 Å². The van der Waals surface area contributed by atoms with E-state index in [1.807, 2.05) is 25.1 Å². The molecule has 0 aliphatic rings. The summed E-state index contributed by atoms with van der Waals surface area (Å²) < 4.78 is 20.1. The Kier molecular flexibility index (Phi) is 8.87. The third-order valence-electron chi connectivity index (χ3n) is 4.74. The number of aryl methyl sites for hydroxylation is 1. The fourth-order valence-electron chi connectivity index (χ4n) is 3.05. The van der Waals surface area contributed by atoms with Gasteiger partial charge in [-0.15, -0.1) is 0 Å². The molecular weight excluding hydrogens is 402 g/mol. The summed E-state index contributed by atoms with van der Waals surface area (Å²) in [6.07, 6.45) is -0.0505. The van der Waals surface area contributed by atoms with Crippen molar-refractivity contribution >= 4 is 23.7 Å². The number of amides is 1. The molecule has 0 heterocycles. The van der Waals surface area contributed by atoms with Gasteiger partial charge in [-0.25, -0.2) is 4.79 Å². The third kappa shape index (κ3) is 6.74. The van der Waals surface area contributed by atoms with Crippen LogP contribution in [-0.4, -0.2) is 46.0 Å². The van der Waals surface area contributed by atoms with E-state index in [1.165, 1.54) is 21.3 Å². The lowest BCUT2D eigenvalue weighted by Gasteiger charge is -2.15. The van der Waals surface area contributed by atoms with Gasteiger partial charge in [-0.3, -0.25) is 14.9 Å². The number of carbonyl (C=O) groups is 3. The molecule has 0 unspecified atom stereocenters. The summed E-state index contributed by atoms with van der Waals surface area (Å²) in [6.45, 7) is 2.01. The van der Waals surface area contributed by atoms with E-state index >= 15 is 0 Å². The van der Waals surface area contributed by atoms with Crippen molar-refractivity contribution in [3.63, 3.8) is 0 Å². The van der Waals surface area contributed by atoms with Crippen LogP contribution in [-0.2, 0) is 36.6 Å². The number of hydrogen-bond donors (Lipinski definition) is 1. The molecule has 31 heavy (non-hydrogen) atoms. The Hall–Kier alpha value is -3.55. The zero-order valence-corrected chi connectivity index (χ0v) is 18.1. The van der Waals surface area contributed by atoms with E-state index in [4.69, 9.17) is 18.9 Å². The largest absolute Gasteiger partial charge is 0.496 e. The molecule has 2 aromatic rings. The Morgan fingerprint density at radius 2 is 1.65 bits per heavy atom. The zero-order chi connectivity index (χ0) is 22.8. The number of esters is 2. The smallest absolute Gasteiger partial charge is 0.411 e. The molecule has 8 nitrogen and oxygen atoms in total. The molecule has 1 N–H and O–H groups in total. The van der Waals surface area contributed by atoms with Crippen LogP contribution in [0.1, 0.15) is 16.7 Å². The number of rotatable bonds is 9. The fraction of sp³-hybridized carbons (Fsp3) is 0.348. The Morgan fingerprint density at radius 3 is 2.26 bits per heavy atom. The summed E-state index contributed by atoms with van der Waals surface area (Å²) in [5.41, 5.74) is 3.11. The van der Waals surface area contributed by atoms with Crippen molar-refractivity contribution in [3.05, 3.63) is 59.2 Å². The maximum Gasteiger partial charge on any atom is 0.411 e. The number of anilines is 1. The Labute approximate surface area is 181 Å². The SMILES string of the molecule is COC(=O)C(Cc1ccc(OC)c(CCOC(=O)Nc2ccccc2C)c1)C(=O)OC. The van der Waals surface area contributed by atoms with Gasteiger partial charge in [0, 0.05) is 12.1 Å². The van der Waals surface area contributed by atoms with Gasteiger partial charge in [0.15, 0.2) is 5.92 Å². The van der Waals surface area contributed by atoms with Gasteiger partial charge in [-0.2, -0.15) is 0 Å². The van der Waals surface area contributed by atoms with Crippen LogP contribution in [0.5, 0.6) is 5.75 Å². The molecule has 8 heteroatoms. The Bertz CT molecular complexity index is 910. The van der Waals surface area contributed by atoms with Crippen LogP contribution < -0.4 is 10.1 Å².